The molecule has 30 heavy (non-hydrogen) atoms. The van der Waals surface area contributed by atoms with Crippen molar-refractivity contribution < 1.29 is 14.3 Å². The number of anilines is 1. The lowest BCUT2D eigenvalue weighted by Gasteiger charge is -2.06. The van der Waals surface area contributed by atoms with Crippen LogP contribution in [0, 0.1) is 6.92 Å². The summed E-state index contributed by atoms with van der Waals surface area (Å²) < 4.78 is 12.3. The van der Waals surface area contributed by atoms with Crippen LogP contribution in [0.2, 0.25) is 0 Å². The molecule has 0 atom stereocenters. The highest BCUT2D eigenvalue weighted by Gasteiger charge is 2.15. The van der Waals surface area contributed by atoms with Gasteiger partial charge in [-0.3, -0.25) is 4.79 Å². The number of hydrogen-bond acceptors (Lipinski definition) is 7. The Morgan fingerprint density at radius 2 is 1.90 bits per heavy atom. The van der Waals surface area contributed by atoms with Crippen molar-refractivity contribution in [3.63, 3.8) is 0 Å². The molecule has 0 spiro atoms. The Morgan fingerprint density at radius 3 is 2.77 bits per heavy atom. The van der Waals surface area contributed by atoms with Gasteiger partial charge in [0.2, 0.25) is 12.7 Å². The van der Waals surface area contributed by atoms with Gasteiger partial charge in [0.1, 0.15) is 5.03 Å². The summed E-state index contributed by atoms with van der Waals surface area (Å²) in [5.74, 6) is 2.05. The van der Waals surface area contributed by atoms with Gasteiger partial charge in [-0.25, -0.2) is 0 Å². The number of aryl methyl sites for hydroxylation is 1. The summed E-state index contributed by atoms with van der Waals surface area (Å²) in [4.78, 5) is 12.4. The first-order chi connectivity index (χ1) is 14.7. The lowest BCUT2D eigenvalue weighted by atomic mass is 10.1. The van der Waals surface area contributed by atoms with Crippen molar-refractivity contribution in [3.8, 4) is 22.9 Å². The fourth-order valence-electron chi connectivity index (χ4n) is 3.04. The van der Waals surface area contributed by atoms with E-state index < -0.39 is 0 Å². The topological polar surface area (TPSA) is 90.6 Å². The van der Waals surface area contributed by atoms with Crippen molar-refractivity contribution in [2.75, 3.05) is 17.9 Å². The number of aromatic nitrogens is 4. The van der Waals surface area contributed by atoms with E-state index in [-0.39, 0.29) is 18.5 Å². The fourth-order valence-corrected chi connectivity index (χ4v) is 3.70. The second-order valence-electron chi connectivity index (χ2n) is 6.74. The van der Waals surface area contributed by atoms with Crippen LogP contribution in [0.4, 0.5) is 5.69 Å². The first-order valence-electron chi connectivity index (χ1n) is 9.27. The molecule has 0 aliphatic carbocycles. The molecule has 0 fully saturated rings. The molecule has 1 N–H and O–H groups in total. The summed E-state index contributed by atoms with van der Waals surface area (Å²) in [6.07, 6.45) is 0. The highest BCUT2D eigenvalue weighted by atomic mass is 32.2. The molecule has 2 aromatic heterocycles. The van der Waals surface area contributed by atoms with Crippen molar-refractivity contribution in [1.82, 2.24) is 19.8 Å². The van der Waals surface area contributed by atoms with Gasteiger partial charge in [0, 0.05) is 17.3 Å². The normalized spacial score (nSPS) is 12.3. The molecule has 0 radical (unpaired) electrons. The molecule has 0 saturated carbocycles. The van der Waals surface area contributed by atoms with Gasteiger partial charge >= 0.3 is 0 Å². The van der Waals surface area contributed by atoms with Crippen LogP contribution in [0.3, 0.4) is 0 Å². The van der Waals surface area contributed by atoms with E-state index >= 15 is 0 Å². The number of rotatable bonds is 5. The predicted octanol–water partition coefficient (Wildman–Crippen LogP) is 3.56. The largest absolute Gasteiger partial charge is 0.454 e. The number of carbonyl (C=O) groups excluding carboxylic acids is 1. The number of fused-ring (bicyclic) bond motifs is 2. The molecule has 1 aliphatic rings. The van der Waals surface area contributed by atoms with E-state index in [2.05, 4.69) is 20.6 Å². The molecule has 150 valence electrons. The summed E-state index contributed by atoms with van der Waals surface area (Å²) in [6.45, 7) is 2.23. The van der Waals surface area contributed by atoms with Crippen molar-refractivity contribution in [2.45, 2.75) is 11.9 Å². The van der Waals surface area contributed by atoms with Gasteiger partial charge in [-0.1, -0.05) is 41.6 Å². The zero-order valence-electron chi connectivity index (χ0n) is 16.0. The third-order valence-electron chi connectivity index (χ3n) is 4.56. The lowest BCUT2D eigenvalue weighted by molar-refractivity contribution is -0.113. The number of nitrogens with zero attached hydrogens (tertiary/aromatic N) is 4. The van der Waals surface area contributed by atoms with Gasteiger partial charge in [-0.05, 0) is 31.2 Å². The van der Waals surface area contributed by atoms with E-state index in [4.69, 9.17) is 9.47 Å². The lowest BCUT2D eigenvalue weighted by Crippen LogP contribution is -2.14. The molecule has 4 aromatic rings. The summed E-state index contributed by atoms with van der Waals surface area (Å²) in [5, 5.41) is 16.6. The maximum absolute atomic E-state index is 12.4. The number of amides is 1. The number of thioether (sulfide) groups is 1. The zero-order valence-corrected chi connectivity index (χ0v) is 16.8. The smallest absolute Gasteiger partial charge is 0.234 e. The zero-order chi connectivity index (χ0) is 20.5. The second-order valence-corrected chi connectivity index (χ2v) is 7.73. The van der Waals surface area contributed by atoms with Crippen molar-refractivity contribution >= 4 is 29.0 Å². The van der Waals surface area contributed by atoms with E-state index in [0.717, 1.165) is 5.56 Å². The van der Waals surface area contributed by atoms with Gasteiger partial charge < -0.3 is 14.8 Å². The van der Waals surface area contributed by atoms with Crippen molar-refractivity contribution in [1.29, 1.82) is 0 Å². The third kappa shape index (κ3) is 3.67. The second kappa shape index (κ2) is 7.68. The number of benzene rings is 2. The van der Waals surface area contributed by atoms with Crippen molar-refractivity contribution in [3.05, 3.63) is 60.2 Å². The Kier molecular flexibility index (Phi) is 4.72. The molecule has 5 rings (SSSR count). The molecule has 2 aromatic carbocycles. The molecule has 3 heterocycles. The summed E-state index contributed by atoms with van der Waals surface area (Å²) in [6, 6.07) is 17.0. The van der Waals surface area contributed by atoms with Gasteiger partial charge in [0.15, 0.2) is 23.0 Å². The Bertz CT molecular complexity index is 1240. The number of hydrogen-bond donors (Lipinski definition) is 1. The summed E-state index contributed by atoms with van der Waals surface area (Å²) in [5.41, 5.74) is 3.42. The number of carbonyl (C=O) groups is 1. The van der Waals surface area contributed by atoms with E-state index in [1.165, 1.54) is 17.3 Å². The van der Waals surface area contributed by atoms with Crippen LogP contribution in [0.1, 0.15) is 5.56 Å². The minimum atomic E-state index is -0.136. The Balaban J connectivity index is 1.29. The Hall–Kier alpha value is -3.59. The molecule has 9 heteroatoms. The molecule has 0 saturated heterocycles. The van der Waals surface area contributed by atoms with Crippen LogP contribution >= 0.6 is 11.8 Å². The van der Waals surface area contributed by atoms with E-state index in [1.54, 1.807) is 22.7 Å². The average Bonchev–Trinajstić information content (AvgIpc) is 3.39. The highest BCUT2D eigenvalue weighted by molar-refractivity contribution is 7.99. The van der Waals surface area contributed by atoms with Crippen LogP contribution < -0.4 is 14.8 Å². The van der Waals surface area contributed by atoms with Crippen LogP contribution in [0.25, 0.3) is 17.0 Å². The minimum Gasteiger partial charge on any atom is -0.454 e. The number of ether oxygens (including phenoxy) is 2. The third-order valence-corrected chi connectivity index (χ3v) is 5.48. The monoisotopic (exact) mass is 419 g/mol. The van der Waals surface area contributed by atoms with Gasteiger partial charge in [0.25, 0.3) is 0 Å². The van der Waals surface area contributed by atoms with Gasteiger partial charge in [-0.15, -0.1) is 10.2 Å². The van der Waals surface area contributed by atoms with Crippen LogP contribution in [-0.4, -0.2) is 38.3 Å². The predicted molar refractivity (Wildman–Crippen MR) is 113 cm³/mol. The standard InChI is InChI=1S/C21H17N5O3S/c1-13-2-4-14(5-3-13)21-24-23-18-8-9-20(25-26(18)21)30-11-19(27)22-15-6-7-16-17(10-15)29-12-28-16/h2-10H,11-12H2,1H3,(H,22,27). The molecular formula is C21H17N5O3S. The van der Waals surface area contributed by atoms with Crippen molar-refractivity contribution in [2.24, 2.45) is 0 Å². The van der Waals surface area contributed by atoms with Crippen LogP contribution in [0.15, 0.2) is 59.6 Å². The quantitative estimate of drug-likeness (QED) is 0.495. The minimum absolute atomic E-state index is 0.136. The highest BCUT2D eigenvalue weighted by Crippen LogP contribution is 2.34. The fraction of sp³-hybridized carbons (Fsp3) is 0.143. The molecular weight excluding hydrogens is 402 g/mol. The maximum atomic E-state index is 12.4. The molecule has 8 nitrogen and oxygen atoms in total. The Labute approximate surface area is 176 Å². The first kappa shape index (κ1) is 18.4. The molecule has 0 unspecified atom stereocenters. The van der Waals surface area contributed by atoms with E-state index in [0.29, 0.717) is 33.7 Å². The average molecular weight is 419 g/mol. The summed E-state index contributed by atoms with van der Waals surface area (Å²) in [7, 11) is 0. The first-order valence-corrected chi connectivity index (χ1v) is 10.3. The van der Waals surface area contributed by atoms with Crippen LogP contribution in [0.5, 0.6) is 11.5 Å². The molecule has 1 amide bonds. The Morgan fingerprint density at radius 1 is 1.07 bits per heavy atom. The SMILES string of the molecule is Cc1ccc(-c2nnc3ccc(SCC(=O)Nc4ccc5c(c4)OCO5)nn23)cc1. The summed E-state index contributed by atoms with van der Waals surface area (Å²) >= 11 is 1.34. The van der Waals surface area contributed by atoms with E-state index in [1.807, 2.05) is 43.3 Å². The molecule has 0 bridgehead atoms. The molecule has 1 aliphatic heterocycles. The van der Waals surface area contributed by atoms with Crippen LogP contribution in [-0.2, 0) is 4.79 Å². The van der Waals surface area contributed by atoms with E-state index in [9.17, 15) is 4.79 Å². The van der Waals surface area contributed by atoms with Gasteiger partial charge in [0.05, 0.1) is 5.75 Å². The number of nitrogens with one attached hydrogen (secondary N) is 1. The maximum Gasteiger partial charge on any atom is 0.234 e. The van der Waals surface area contributed by atoms with Gasteiger partial charge in [-0.2, -0.15) is 9.61 Å².